The molecule has 1 saturated heterocycles. The summed E-state index contributed by atoms with van der Waals surface area (Å²) in [7, 11) is 0. The molecule has 0 bridgehead atoms. The highest BCUT2D eigenvalue weighted by molar-refractivity contribution is 5.95. The zero-order valence-corrected chi connectivity index (χ0v) is 16.6. The molecule has 1 unspecified atom stereocenters. The summed E-state index contributed by atoms with van der Waals surface area (Å²) in [5.41, 5.74) is 1.33. The number of hydrogen-bond acceptors (Lipinski definition) is 5. The number of hydrogen-bond donors (Lipinski definition) is 2. The van der Waals surface area contributed by atoms with Crippen LogP contribution >= 0.6 is 0 Å². The summed E-state index contributed by atoms with van der Waals surface area (Å²) in [6.07, 6.45) is -2.84. The molecule has 0 aromatic heterocycles. The van der Waals surface area contributed by atoms with Crippen molar-refractivity contribution >= 4 is 12.6 Å². The fourth-order valence-corrected chi connectivity index (χ4v) is 3.80. The van der Waals surface area contributed by atoms with E-state index in [2.05, 4.69) is 17.1 Å². The molecule has 2 aliphatic rings. The third-order valence-electron chi connectivity index (χ3n) is 5.38. The Balaban J connectivity index is 1.78. The largest absolute Gasteiger partial charge is 0.490 e. The number of carbonyl (C=O) groups excluding carboxylic acids is 1. The second-order valence-electron chi connectivity index (χ2n) is 7.49. The minimum absolute atomic E-state index is 0.0549. The average molecular weight is 428 g/mol. The molecule has 2 N–H and O–H groups in total. The number of carbonyl (C=O) groups is 1. The van der Waals surface area contributed by atoms with E-state index in [0.717, 1.165) is 25.9 Å². The number of fused-ring (bicyclic) bond motifs is 1. The molecule has 0 aliphatic carbocycles. The molecule has 164 valence electrons. The van der Waals surface area contributed by atoms with Crippen molar-refractivity contribution in [3.8, 4) is 5.75 Å². The summed E-state index contributed by atoms with van der Waals surface area (Å²) in [6.45, 7) is 6.50. The standard InChI is InChI=1S/C20H24F4N4O2/c1-12(18(20(22,23)24)19(29)27-25-2)28-9-14-6-16(21)17(7-15(14)10-28)30-11-13-4-3-5-26-8-13/h6-7,13,26H,2-5,8-11H2,1H3,(H,27,29)/b18-12-. The minimum atomic E-state index is -4.87. The molecule has 0 spiro atoms. The topological polar surface area (TPSA) is 66.0 Å². The monoisotopic (exact) mass is 428 g/mol. The van der Waals surface area contributed by atoms with Gasteiger partial charge in [-0.3, -0.25) is 4.79 Å². The van der Waals surface area contributed by atoms with Gasteiger partial charge in [0.1, 0.15) is 5.57 Å². The summed E-state index contributed by atoms with van der Waals surface area (Å²) in [5.74, 6) is -1.56. The van der Waals surface area contributed by atoms with Crippen molar-refractivity contribution in [3.05, 3.63) is 40.3 Å². The minimum Gasteiger partial charge on any atom is -0.490 e. The molecule has 0 radical (unpaired) electrons. The predicted molar refractivity (Wildman–Crippen MR) is 103 cm³/mol. The van der Waals surface area contributed by atoms with Crippen LogP contribution in [0.5, 0.6) is 5.75 Å². The van der Waals surface area contributed by atoms with Gasteiger partial charge in [-0.05, 0) is 49.6 Å². The van der Waals surface area contributed by atoms with Gasteiger partial charge < -0.3 is 15.0 Å². The van der Waals surface area contributed by atoms with Crippen LogP contribution in [0.3, 0.4) is 0 Å². The number of ether oxygens (including phenoxy) is 1. The van der Waals surface area contributed by atoms with Crippen molar-refractivity contribution < 1.29 is 27.1 Å². The first kappa shape index (κ1) is 22.1. The van der Waals surface area contributed by atoms with Crippen LogP contribution in [0.2, 0.25) is 0 Å². The Morgan fingerprint density at radius 1 is 1.37 bits per heavy atom. The molecule has 1 atom stereocenters. The zero-order chi connectivity index (χ0) is 21.9. The Morgan fingerprint density at radius 2 is 2.07 bits per heavy atom. The number of rotatable bonds is 6. The van der Waals surface area contributed by atoms with Gasteiger partial charge in [-0.1, -0.05) is 0 Å². The zero-order valence-electron chi connectivity index (χ0n) is 16.6. The van der Waals surface area contributed by atoms with E-state index in [4.69, 9.17) is 4.74 Å². The molecule has 30 heavy (non-hydrogen) atoms. The lowest BCUT2D eigenvalue weighted by Gasteiger charge is -2.23. The Morgan fingerprint density at radius 3 is 2.67 bits per heavy atom. The summed E-state index contributed by atoms with van der Waals surface area (Å²) < 4.78 is 60.4. The number of nitrogens with zero attached hydrogens (tertiary/aromatic N) is 2. The van der Waals surface area contributed by atoms with E-state index in [-0.39, 0.29) is 24.5 Å². The van der Waals surface area contributed by atoms with Crippen molar-refractivity contribution in [2.24, 2.45) is 11.0 Å². The lowest BCUT2D eigenvalue weighted by atomic mass is 10.0. The second-order valence-corrected chi connectivity index (χ2v) is 7.49. The smallest absolute Gasteiger partial charge is 0.423 e. The van der Waals surface area contributed by atoms with E-state index in [1.165, 1.54) is 24.0 Å². The number of amides is 1. The molecule has 2 heterocycles. The van der Waals surface area contributed by atoms with Crippen LogP contribution in [0.15, 0.2) is 28.5 Å². The second kappa shape index (κ2) is 9.03. The van der Waals surface area contributed by atoms with E-state index in [1.54, 1.807) is 5.43 Å². The predicted octanol–water partition coefficient (Wildman–Crippen LogP) is 3.09. The van der Waals surface area contributed by atoms with Crippen LogP contribution in [0, 0.1) is 11.7 Å². The van der Waals surface area contributed by atoms with E-state index in [0.29, 0.717) is 23.7 Å². The molecule has 10 heteroatoms. The summed E-state index contributed by atoms with van der Waals surface area (Å²) in [4.78, 5) is 13.2. The fourth-order valence-electron chi connectivity index (χ4n) is 3.80. The fraction of sp³-hybridized carbons (Fsp3) is 0.500. The number of halogens is 4. The molecule has 1 aromatic rings. The number of alkyl halides is 3. The van der Waals surface area contributed by atoms with Gasteiger partial charge in [0.15, 0.2) is 11.6 Å². The van der Waals surface area contributed by atoms with Crippen LogP contribution < -0.4 is 15.5 Å². The molecule has 1 aromatic carbocycles. The lowest BCUT2D eigenvalue weighted by molar-refractivity contribution is -0.131. The average Bonchev–Trinajstić information content (AvgIpc) is 3.09. The Bertz CT molecular complexity index is 848. The van der Waals surface area contributed by atoms with E-state index in [1.807, 2.05) is 0 Å². The number of allylic oxidation sites excluding steroid dienone is 1. The van der Waals surface area contributed by atoms with Gasteiger partial charge in [-0.2, -0.15) is 18.3 Å². The van der Waals surface area contributed by atoms with Gasteiger partial charge >= 0.3 is 6.18 Å². The first-order valence-electron chi connectivity index (χ1n) is 9.64. The van der Waals surface area contributed by atoms with Crippen LogP contribution in [-0.4, -0.2) is 43.4 Å². The maximum atomic E-state index is 14.5. The van der Waals surface area contributed by atoms with E-state index < -0.39 is 23.5 Å². The number of hydrazone groups is 1. The number of piperidine rings is 1. The molecular formula is C20H24F4N4O2. The van der Waals surface area contributed by atoms with Crippen molar-refractivity contribution in [1.82, 2.24) is 15.6 Å². The Kier molecular flexibility index (Phi) is 6.64. The summed E-state index contributed by atoms with van der Waals surface area (Å²) in [5, 5.41) is 6.29. The normalized spacial score (nSPS) is 19.8. The third kappa shape index (κ3) is 4.92. The maximum Gasteiger partial charge on any atom is 0.423 e. The first-order valence-corrected chi connectivity index (χ1v) is 9.64. The molecule has 3 rings (SSSR count). The van der Waals surface area contributed by atoms with Gasteiger partial charge in [0.05, 0.1) is 6.61 Å². The van der Waals surface area contributed by atoms with E-state index in [9.17, 15) is 22.4 Å². The highest BCUT2D eigenvalue weighted by Gasteiger charge is 2.42. The van der Waals surface area contributed by atoms with Crippen LogP contribution in [0.25, 0.3) is 0 Å². The SMILES string of the molecule is C=NNC(=O)/C(=C(\C)N1Cc2cc(F)c(OCC3CCCNC3)cc2C1)C(F)(F)F. The van der Waals surface area contributed by atoms with Gasteiger partial charge in [-0.15, -0.1) is 0 Å². The van der Waals surface area contributed by atoms with Crippen molar-refractivity contribution in [2.75, 3.05) is 19.7 Å². The van der Waals surface area contributed by atoms with Crippen molar-refractivity contribution in [2.45, 2.75) is 39.0 Å². The molecular weight excluding hydrogens is 404 g/mol. The van der Waals surface area contributed by atoms with Gasteiger partial charge in [0.2, 0.25) is 0 Å². The maximum absolute atomic E-state index is 14.5. The molecule has 6 nitrogen and oxygen atoms in total. The van der Waals surface area contributed by atoms with Gasteiger partial charge in [-0.25, -0.2) is 9.82 Å². The summed E-state index contributed by atoms with van der Waals surface area (Å²) in [6, 6.07) is 2.82. The van der Waals surface area contributed by atoms with Crippen LogP contribution in [0.4, 0.5) is 17.6 Å². The Labute approximate surface area is 172 Å². The molecule has 0 saturated carbocycles. The highest BCUT2D eigenvalue weighted by atomic mass is 19.4. The van der Waals surface area contributed by atoms with E-state index >= 15 is 0 Å². The third-order valence-corrected chi connectivity index (χ3v) is 5.38. The van der Waals surface area contributed by atoms with Gasteiger partial charge in [0.25, 0.3) is 5.91 Å². The molecule has 1 amide bonds. The molecule has 2 aliphatic heterocycles. The lowest BCUT2D eigenvalue weighted by Crippen LogP contribution is -2.33. The van der Waals surface area contributed by atoms with Crippen molar-refractivity contribution in [3.63, 3.8) is 0 Å². The van der Waals surface area contributed by atoms with Crippen LogP contribution in [0.1, 0.15) is 30.9 Å². The summed E-state index contributed by atoms with van der Waals surface area (Å²) >= 11 is 0. The van der Waals surface area contributed by atoms with Gasteiger partial charge in [0, 0.05) is 38.0 Å². The first-order chi connectivity index (χ1) is 14.2. The Hall–Kier alpha value is -2.62. The highest BCUT2D eigenvalue weighted by Crippen LogP contribution is 2.35. The van der Waals surface area contributed by atoms with Crippen LogP contribution in [-0.2, 0) is 17.9 Å². The quantitative estimate of drug-likeness (QED) is 0.316. The number of benzene rings is 1. The van der Waals surface area contributed by atoms with Crippen molar-refractivity contribution in [1.29, 1.82) is 0 Å². The number of nitrogens with one attached hydrogen (secondary N) is 2. The molecule has 1 fully saturated rings.